The van der Waals surface area contributed by atoms with Crippen LogP contribution in [-0.4, -0.2) is 30.2 Å². The molecular weight excluding hydrogens is 288 g/mol. The molecule has 1 fully saturated rings. The average molecular weight is 304 g/mol. The largest absolute Gasteiger partial charge is 0.491 e. The standard InChI is InChI=1S/C15H16N2O3S/c18-14(17-15-16-6-8-21-15)11-3-1-4-12(9-11)20-10-13-5-2-7-19-13/h1,3-4,6,8-9,13H,2,5,7,10H2,(H,16,17,18). The first kappa shape index (κ1) is 14.0. The van der Waals surface area contributed by atoms with Crippen LogP contribution in [0.25, 0.3) is 0 Å². The van der Waals surface area contributed by atoms with Crippen molar-refractivity contribution in [2.45, 2.75) is 18.9 Å². The van der Waals surface area contributed by atoms with E-state index in [-0.39, 0.29) is 12.0 Å². The highest BCUT2D eigenvalue weighted by molar-refractivity contribution is 7.13. The lowest BCUT2D eigenvalue weighted by atomic mass is 10.2. The second kappa shape index (κ2) is 6.69. The fourth-order valence-electron chi connectivity index (χ4n) is 2.15. The normalized spacial score (nSPS) is 17.6. The second-order valence-corrected chi connectivity index (χ2v) is 5.66. The number of benzene rings is 1. The van der Waals surface area contributed by atoms with Gasteiger partial charge in [-0.1, -0.05) is 6.07 Å². The van der Waals surface area contributed by atoms with Crippen molar-refractivity contribution in [3.63, 3.8) is 0 Å². The summed E-state index contributed by atoms with van der Waals surface area (Å²) in [6.45, 7) is 1.34. The number of nitrogens with one attached hydrogen (secondary N) is 1. The fourth-order valence-corrected chi connectivity index (χ4v) is 2.67. The second-order valence-electron chi connectivity index (χ2n) is 4.77. The van der Waals surface area contributed by atoms with Gasteiger partial charge in [-0.15, -0.1) is 11.3 Å². The van der Waals surface area contributed by atoms with Crippen LogP contribution in [0.3, 0.4) is 0 Å². The number of thiazole rings is 1. The molecule has 1 aliphatic heterocycles. The molecule has 0 bridgehead atoms. The predicted molar refractivity (Wildman–Crippen MR) is 81.0 cm³/mol. The van der Waals surface area contributed by atoms with Gasteiger partial charge in [0.1, 0.15) is 12.4 Å². The number of nitrogens with zero attached hydrogens (tertiary/aromatic N) is 1. The van der Waals surface area contributed by atoms with Crippen molar-refractivity contribution < 1.29 is 14.3 Å². The van der Waals surface area contributed by atoms with E-state index < -0.39 is 0 Å². The lowest BCUT2D eigenvalue weighted by Crippen LogP contribution is -2.16. The number of hydrogen-bond acceptors (Lipinski definition) is 5. The molecule has 1 aromatic carbocycles. The van der Waals surface area contributed by atoms with Crippen molar-refractivity contribution in [1.29, 1.82) is 0 Å². The van der Waals surface area contributed by atoms with Crippen molar-refractivity contribution in [3.8, 4) is 5.75 Å². The molecule has 21 heavy (non-hydrogen) atoms. The van der Waals surface area contributed by atoms with Gasteiger partial charge in [-0.05, 0) is 31.0 Å². The molecule has 3 rings (SSSR count). The summed E-state index contributed by atoms with van der Waals surface area (Å²) in [5, 5.41) is 5.16. The molecule has 0 radical (unpaired) electrons. The zero-order chi connectivity index (χ0) is 14.5. The minimum Gasteiger partial charge on any atom is -0.491 e. The highest BCUT2D eigenvalue weighted by atomic mass is 32.1. The van der Waals surface area contributed by atoms with Crippen LogP contribution >= 0.6 is 11.3 Å². The molecule has 1 aliphatic rings. The maximum Gasteiger partial charge on any atom is 0.257 e. The Bertz CT molecular complexity index is 595. The van der Waals surface area contributed by atoms with Crippen LogP contribution in [0.4, 0.5) is 5.13 Å². The van der Waals surface area contributed by atoms with Crippen molar-refractivity contribution in [2.24, 2.45) is 0 Å². The third-order valence-corrected chi connectivity index (χ3v) is 3.90. The van der Waals surface area contributed by atoms with Crippen LogP contribution in [-0.2, 0) is 4.74 Å². The molecule has 0 spiro atoms. The molecule has 1 aromatic heterocycles. The Kier molecular flexibility index (Phi) is 4.47. The molecule has 0 saturated carbocycles. The molecule has 1 amide bonds. The molecule has 1 unspecified atom stereocenters. The molecule has 1 atom stereocenters. The zero-order valence-corrected chi connectivity index (χ0v) is 12.3. The Hall–Kier alpha value is -1.92. The Morgan fingerprint density at radius 1 is 1.52 bits per heavy atom. The first-order chi connectivity index (χ1) is 10.3. The smallest absolute Gasteiger partial charge is 0.257 e. The number of hydrogen-bond donors (Lipinski definition) is 1. The summed E-state index contributed by atoms with van der Waals surface area (Å²) < 4.78 is 11.2. The first-order valence-corrected chi connectivity index (χ1v) is 7.74. The first-order valence-electron chi connectivity index (χ1n) is 6.86. The van der Waals surface area contributed by atoms with Crippen molar-refractivity contribution in [1.82, 2.24) is 4.98 Å². The number of carbonyl (C=O) groups excluding carboxylic acids is 1. The SMILES string of the molecule is O=C(Nc1nccs1)c1cccc(OCC2CCCO2)c1. The third kappa shape index (κ3) is 3.80. The summed E-state index contributed by atoms with van der Waals surface area (Å²) in [4.78, 5) is 16.1. The number of amides is 1. The summed E-state index contributed by atoms with van der Waals surface area (Å²) in [5.74, 6) is 0.491. The molecule has 5 nitrogen and oxygen atoms in total. The summed E-state index contributed by atoms with van der Waals surface area (Å²) in [6, 6.07) is 7.14. The predicted octanol–water partition coefficient (Wildman–Crippen LogP) is 2.95. The van der Waals surface area contributed by atoms with Gasteiger partial charge < -0.3 is 9.47 Å². The van der Waals surface area contributed by atoms with E-state index in [0.29, 0.717) is 23.1 Å². The number of aromatic nitrogens is 1. The molecule has 6 heteroatoms. The number of ether oxygens (including phenoxy) is 2. The third-order valence-electron chi connectivity index (χ3n) is 3.21. The molecular formula is C15H16N2O3S. The lowest BCUT2D eigenvalue weighted by Gasteiger charge is -2.12. The van der Waals surface area contributed by atoms with Gasteiger partial charge in [-0.25, -0.2) is 4.98 Å². The summed E-state index contributed by atoms with van der Waals surface area (Å²) in [6.07, 6.45) is 3.94. The molecule has 0 aliphatic carbocycles. The minimum absolute atomic E-state index is 0.165. The van der Waals surface area contributed by atoms with E-state index >= 15 is 0 Å². The fraction of sp³-hybridized carbons (Fsp3) is 0.333. The van der Waals surface area contributed by atoms with Crippen LogP contribution in [0.5, 0.6) is 5.75 Å². The van der Waals surface area contributed by atoms with Gasteiger partial charge >= 0.3 is 0 Å². The quantitative estimate of drug-likeness (QED) is 0.922. The maximum absolute atomic E-state index is 12.1. The van der Waals surface area contributed by atoms with Gasteiger partial charge in [0.2, 0.25) is 0 Å². The Labute approximate surface area is 126 Å². The van der Waals surface area contributed by atoms with E-state index in [9.17, 15) is 4.79 Å². The van der Waals surface area contributed by atoms with Gasteiger partial charge in [-0.3, -0.25) is 10.1 Å². The van der Waals surface area contributed by atoms with E-state index in [4.69, 9.17) is 9.47 Å². The van der Waals surface area contributed by atoms with Gasteiger partial charge in [0.15, 0.2) is 5.13 Å². The molecule has 1 N–H and O–H groups in total. The van der Waals surface area contributed by atoms with E-state index in [1.54, 1.807) is 18.3 Å². The van der Waals surface area contributed by atoms with Gasteiger partial charge in [0, 0.05) is 23.7 Å². The summed E-state index contributed by atoms with van der Waals surface area (Å²) in [7, 11) is 0. The van der Waals surface area contributed by atoms with Crippen LogP contribution in [0.15, 0.2) is 35.8 Å². The van der Waals surface area contributed by atoms with E-state index in [1.165, 1.54) is 11.3 Å². The van der Waals surface area contributed by atoms with Crippen molar-refractivity contribution in [3.05, 3.63) is 41.4 Å². The molecule has 2 heterocycles. The summed E-state index contributed by atoms with van der Waals surface area (Å²) in [5.41, 5.74) is 0.551. The van der Waals surface area contributed by atoms with Crippen molar-refractivity contribution >= 4 is 22.4 Å². The Morgan fingerprint density at radius 3 is 3.24 bits per heavy atom. The van der Waals surface area contributed by atoms with Gasteiger partial charge in [-0.2, -0.15) is 0 Å². The van der Waals surface area contributed by atoms with Crippen LogP contribution in [0.2, 0.25) is 0 Å². The number of carbonyl (C=O) groups is 1. The van der Waals surface area contributed by atoms with Gasteiger partial charge in [0.05, 0.1) is 6.10 Å². The van der Waals surface area contributed by atoms with E-state index in [1.807, 2.05) is 17.5 Å². The highest BCUT2D eigenvalue weighted by Crippen LogP contribution is 2.18. The van der Waals surface area contributed by atoms with Gasteiger partial charge in [0.25, 0.3) is 5.91 Å². The zero-order valence-electron chi connectivity index (χ0n) is 11.5. The Morgan fingerprint density at radius 2 is 2.48 bits per heavy atom. The van der Waals surface area contributed by atoms with E-state index in [0.717, 1.165) is 19.4 Å². The number of rotatable bonds is 5. The van der Waals surface area contributed by atoms with E-state index in [2.05, 4.69) is 10.3 Å². The Balaban J connectivity index is 1.60. The topological polar surface area (TPSA) is 60.5 Å². The highest BCUT2D eigenvalue weighted by Gasteiger charge is 2.16. The summed E-state index contributed by atoms with van der Waals surface area (Å²) >= 11 is 1.39. The van der Waals surface area contributed by atoms with Crippen LogP contribution < -0.4 is 10.1 Å². The molecule has 2 aromatic rings. The minimum atomic E-state index is -0.187. The number of anilines is 1. The van der Waals surface area contributed by atoms with Crippen molar-refractivity contribution in [2.75, 3.05) is 18.5 Å². The average Bonchev–Trinajstić information content (AvgIpc) is 3.19. The molecule has 110 valence electrons. The molecule has 1 saturated heterocycles. The van der Waals surface area contributed by atoms with Crippen LogP contribution in [0, 0.1) is 0 Å². The lowest BCUT2D eigenvalue weighted by molar-refractivity contribution is 0.0679. The monoisotopic (exact) mass is 304 g/mol. The van der Waals surface area contributed by atoms with Crippen LogP contribution in [0.1, 0.15) is 23.2 Å². The maximum atomic E-state index is 12.1.